The molecule has 1 aromatic carbocycles. The van der Waals surface area contributed by atoms with Crippen LogP contribution < -0.4 is 5.73 Å². The number of allylic oxidation sites excluding steroid dienone is 4. The maximum Gasteiger partial charge on any atom is 0.104 e. The third kappa shape index (κ3) is 3.84. The molecule has 2 N–H and O–H groups in total. The highest BCUT2D eigenvalue weighted by Gasteiger charge is 2.29. The number of benzene rings is 1. The molecular formula is C19H26N2. The predicted molar refractivity (Wildman–Crippen MR) is 92.0 cm³/mol. The zero-order valence-corrected chi connectivity index (χ0v) is 13.3. The zero-order valence-electron chi connectivity index (χ0n) is 13.3. The predicted octanol–water partition coefficient (Wildman–Crippen LogP) is 4.96. The van der Waals surface area contributed by atoms with Crippen LogP contribution >= 0.6 is 0 Å². The van der Waals surface area contributed by atoms with Gasteiger partial charge in [-0.2, -0.15) is 0 Å². The lowest BCUT2D eigenvalue weighted by atomic mass is 9.79. The number of para-hydroxylation sites is 1. The van der Waals surface area contributed by atoms with Gasteiger partial charge in [-0.15, -0.1) is 0 Å². The molecule has 2 unspecified atom stereocenters. The van der Waals surface area contributed by atoms with Crippen molar-refractivity contribution in [2.75, 3.05) is 0 Å². The van der Waals surface area contributed by atoms with Crippen molar-refractivity contribution in [3.8, 4) is 0 Å². The van der Waals surface area contributed by atoms with Crippen molar-refractivity contribution >= 4 is 11.5 Å². The second-order valence-corrected chi connectivity index (χ2v) is 6.09. The molecule has 1 aliphatic rings. The number of nitrogens with two attached hydrogens (primary N) is 1. The SMILES string of the molecule is C/C=C\CC1C(N)=Nc2ccccc2C1/C=C\CC(C)C. The molecule has 0 aliphatic carbocycles. The Labute approximate surface area is 128 Å². The van der Waals surface area contributed by atoms with Gasteiger partial charge in [0.1, 0.15) is 5.84 Å². The Bertz CT molecular complexity index is 552. The van der Waals surface area contributed by atoms with Crippen molar-refractivity contribution in [2.45, 2.75) is 39.5 Å². The van der Waals surface area contributed by atoms with Crippen molar-refractivity contribution in [1.29, 1.82) is 0 Å². The van der Waals surface area contributed by atoms with Gasteiger partial charge in [-0.05, 0) is 37.3 Å². The maximum absolute atomic E-state index is 6.24. The van der Waals surface area contributed by atoms with Crippen LogP contribution in [0.15, 0.2) is 53.6 Å². The molecule has 2 atom stereocenters. The largest absolute Gasteiger partial charge is 0.387 e. The van der Waals surface area contributed by atoms with E-state index in [1.165, 1.54) is 5.56 Å². The van der Waals surface area contributed by atoms with E-state index < -0.39 is 0 Å². The van der Waals surface area contributed by atoms with Gasteiger partial charge < -0.3 is 5.73 Å². The maximum atomic E-state index is 6.24. The average molecular weight is 282 g/mol. The number of aliphatic imine (C=N–C) groups is 1. The first kappa shape index (κ1) is 15.6. The first-order chi connectivity index (χ1) is 10.1. The number of hydrogen-bond donors (Lipinski definition) is 1. The molecule has 2 heteroatoms. The fraction of sp³-hybridized carbons (Fsp3) is 0.421. The van der Waals surface area contributed by atoms with Crippen molar-refractivity contribution < 1.29 is 0 Å². The minimum Gasteiger partial charge on any atom is -0.387 e. The number of nitrogens with zero attached hydrogens (tertiary/aromatic N) is 1. The Hall–Kier alpha value is -1.83. The van der Waals surface area contributed by atoms with E-state index in [1.54, 1.807) is 0 Å². The molecule has 0 spiro atoms. The van der Waals surface area contributed by atoms with E-state index in [0.29, 0.717) is 11.8 Å². The van der Waals surface area contributed by atoms with Gasteiger partial charge >= 0.3 is 0 Å². The number of rotatable bonds is 5. The van der Waals surface area contributed by atoms with Gasteiger partial charge in [0.15, 0.2) is 0 Å². The molecule has 0 amide bonds. The fourth-order valence-electron chi connectivity index (χ4n) is 2.78. The summed E-state index contributed by atoms with van der Waals surface area (Å²) in [5.41, 5.74) is 8.55. The highest BCUT2D eigenvalue weighted by molar-refractivity contribution is 5.89. The van der Waals surface area contributed by atoms with Gasteiger partial charge in [-0.25, -0.2) is 4.99 Å². The summed E-state index contributed by atoms with van der Waals surface area (Å²) in [6, 6.07) is 8.35. The fourth-order valence-corrected chi connectivity index (χ4v) is 2.78. The Kier molecular flexibility index (Phi) is 5.38. The van der Waals surface area contributed by atoms with Crippen LogP contribution in [0.1, 0.15) is 45.1 Å². The summed E-state index contributed by atoms with van der Waals surface area (Å²) in [6.45, 7) is 6.53. The monoisotopic (exact) mass is 282 g/mol. The summed E-state index contributed by atoms with van der Waals surface area (Å²) >= 11 is 0. The quantitative estimate of drug-likeness (QED) is 0.762. The molecule has 0 fully saturated rings. The Morgan fingerprint density at radius 1 is 1.24 bits per heavy atom. The van der Waals surface area contributed by atoms with E-state index in [1.807, 2.05) is 13.0 Å². The lowest BCUT2D eigenvalue weighted by Gasteiger charge is -2.29. The molecule has 0 saturated carbocycles. The minimum absolute atomic E-state index is 0.263. The second-order valence-electron chi connectivity index (χ2n) is 6.09. The second kappa shape index (κ2) is 7.26. The van der Waals surface area contributed by atoms with Crippen molar-refractivity contribution in [1.82, 2.24) is 0 Å². The van der Waals surface area contributed by atoms with Crippen LogP contribution in [0.5, 0.6) is 0 Å². The van der Waals surface area contributed by atoms with Gasteiger partial charge in [0.2, 0.25) is 0 Å². The van der Waals surface area contributed by atoms with E-state index in [4.69, 9.17) is 5.73 Å². The summed E-state index contributed by atoms with van der Waals surface area (Å²) in [4.78, 5) is 4.60. The molecule has 0 saturated heterocycles. The van der Waals surface area contributed by atoms with Crippen LogP contribution in [-0.4, -0.2) is 5.84 Å². The molecule has 0 aromatic heterocycles. The molecule has 1 heterocycles. The van der Waals surface area contributed by atoms with Gasteiger partial charge in [0, 0.05) is 11.8 Å². The topological polar surface area (TPSA) is 38.4 Å². The highest BCUT2D eigenvalue weighted by atomic mass is 14.9. The van der Waals surface area contributed by atoms with Crippen molar-refractivity contribution in [3.05, 3.63) is 54.1 Å². The number of amidine groups is 1. The third-order valence-corrected chi connectivity index (χ3v) is 3.94. The molecule has 112 valence electrons. The first-order valence-electron chi connectivity index (χ1n) is 7.84. The van der Waals surface area contributed by atoms with Gasteiger partial charge in [0.25, 0.3) is 0 Å². The third-order valence-electron chi connectivity index (χ3n) is 3.94. The van der Waals surface area contributed by atoms with Crippen LogP contribution in [-0.2, 0) is 0 Å². The average Bonchev–Trinajstić information content (AvgIpc) is 2.46. The van der Waals surface area contributed by atoms with Crippen molar-refractivity contribution in [3.63, 3.8) is 0 Å². The summed E-state index contributed by atoms with van der Waals surface area (Å²) in [5.74, 6) is 2.03. The lowest BCUT2D eigenvalue weighted by Crippen LogP contribution is -2.30. The van der Waals surface area contributed by atoms with Crippen LogP contribution in [0.3, 0.4) is 0 Å². The van der Waals surface area contributed by atoms with Gasteiger partial charge in [-0.1, -0.05) is 56.4 Å². The van der Waals surface area contributed by atoms with Gasteiger partial charge in [-0.3, -0.25) is 0 Å². The normalized spacial score (nSPS) is 22.0. The molecule has 1 aliphatic heterocycles. The van der Waals surface area contributed by atoms with Crippen LogP contribution in [0.2, 0.25) is 0 Å². The molecule has 0 bridgehead atoms. The molecule has 2 nitrogen and oxygen atoms in total. The Morgan fingerprint density at radius 3 is 2.71 bits per heavy atom. The van der Waals surface area contributed by atoms with E-state index >= 15 is 0 Å². The number of fused-ring (bicyclic) bond motifs is 1. The summed E-state index contributed by atoms with van der Waals surface area (Å²) in [6.07, 6.45) is 10.9. The van der Waals surface area contributed by atoms with E-state index in [-0.39, 0.29) is 5.92 Å². The van der Waals surface area contributed by atoms with Crippen LogP contribution in [0.25, 0.3) is 0 Å². The zero-order chi connectivity index (χ0) is 15.2. The molecular weight excluding hydrogens is 256 g/mol. The van der Waals surface area contributed by atoms with E-state index in [2.05, 4.69) is 61.3 Å². The summed E-state index contributed by atoms with van der Waals surface area (Å²) < 4.78 is 0. The summed E-state index contributed by atoms with van der Waals surface area (Å²) in [7, 11) is 0. The first-order valence-corrected chi connectivity index (χ1v) is 7.84. The van der Waals surface area contributed by atoms with E-state index in [9.17, 15) is 0 Å². The summed E-state index contributed by atoms with van der Waals surface area (Å²) in [5, 5.41) is 0. The number of hydrogen-bond acceptors (Lipinski definition) is 2. The smallest absolute Gasteiger partial charge is 0.104 e. The molecule has 0 radical (unpaired) electrons. The molecule has 2 rings (SSSR count). The molecule has 21 heavy (non-hydrogen) atoms. The van der Waals surface area contributed by atoms with E-state index in [0.717, 1.165) is 24.4 Å². The van der Waals surface area contributed by atoms with Crippen molar-refractivity contribution in [2.24, 2.45) is 22.6 Å². The Morgan fingerprint density at radius 2 is 2.00 bits per heavy atom. The highest BCUT2D eigenvalue weighted by Crippen LogP contribution is 2.39. The van der Waals surface area contributed by atoms with Crippen LogP contribution in [0.4, 0.5) is 5.69 Å². The minimum atomic E-state index is 0.263. The Balaban J connectivity index is 2.33. The van der Waals surface area contributed by atoms with Crippen LogP contribution in [0, 0.1) is 11.8 Å². The van der Waals surface area contributed by atoms with Gasteiger partial charge in [0.05, 0.1) is 5.69 Å². The lowest BCUT2D eigenvalue weighted by molar-refractivity contribution is 0.605. The molecule has 1 aromatic rings. The standard InChI is InChI=1S/C19H26N2/c1-4-5-10-17-15(12-8-9-14(2)3)16-11-6-7-13-18(16)21-19(17)20/h4-8,11-15,17H,9-10H2,1-3H3,(H2,20,21)/b5-4-,12-8-.